The lowest BCUT2D eigenvalue weighted by atomic mass is 9.76. The van der Waals surface area contributed by atoms with Crippen LogP contribution in [0.4, 0.5) is 0 Å². The van der Waals surface area contributed by atoms with E-state index >= 15 is 0 Å². The molecular formula is C33H40Cl2N4O4S. The van der Waals surface area contributed by atoms with E-state index in [4.69, 9.17) is 0 Å². The van der Waals surface area contributed by atoms with E-state index in [1.807, 2.05) is 34.1 Å². The smallest absolute Gasteiger partial charge is 0.255 e. The zero-order valence-electron chi connectivity index (χ0n) is 24.9. The molecule has 44 heavy (non-hydrogen) atoms. The predicted octanol–water partition coefficient (Wildman–Crippen LogP) is 4.70. The van der Waals surface area contributed by atoms with E-state index < -0.39 is 9.84 Å². The van der Waals surface area contributed by atoms with Gasteiger partial charge in [-0.25, -0.2) is 8.42 Å². The Labute approximate surface area is 272 Å². The summed E-state index contributed by atoms with van der Waals surface area (Å²) in [4.78, 5) is 37.8. The summed E-state index contributed by atoms with van der Waals surface area (Å²) in [6.07, 6.45) is 7.09. The molecule has 1 spiro atoms. The normalized spacial score (nSPS) is 21.6. The van der Waals surface area contributed by atoms with Crippen molar-refractivity contribution in [2.45, 2.75) is 36.6 Å². The number of carbonyl (C=O) groups is 2. The number of aromatic nitrogens is 1. The highest BCUT2D eigenvalue weighted by Gasteiger charge is 2.48. The molecule has 3 aliphatic heterocycles. The molecular weight excluding hydrogens is 619 g/mol. The van der Waals surface area contributed by atoms with E-state index in [2.05, 4.69) is 34.1 Å². The second-order valence-electron chi connectivity index (χ2n) is 12.2. The first-order valence-electron chi connectivity index (χ1n) is 14.8. The number of amides is 2. The van der Waals surface area contributed by atoms with Gasteiger partial charge >= 0.3 is 0 Å². The minimum Gasteiger partial charge on any atom is -0.338 e. The summed E-state index contributed by atoms with van der Waals surface area (Å²) < 4.78 is 23.6. The number of rotatable bonds is 7. The number of piperidine rings is 1. The van der Waals surface area contributed by atoms with Crippen LogP contribution >= 0.6 is 24.8 Å². The molecule has 3 aliphatic rings. The van der Waals surface area contributed by atoms with Crippen LogP contribution in [0.15, 0.2) is 84.0 Å². The fourth-order valence-electron chi connectivity index (χ4n) is 7.04. The van der Waals surface area contributed by atoms with E-state index in [1.54, 1.807) is 30.6 Å². The molecule has 236 valence electrons. The van der Waals surface area contributed by atoms with Gasteiger partial charge in [-0.2, -0.15) is 0 Å². The molecule has 0 radical (unpaired) electrons. The molecule has 3 fully saturated rings. The first kappa shape index (κ1) is 33.9. The van der Waals surface area contributed by atoms with Crippen LogP contribution in [0.1, 0.15) is 46.7 Å². The summed E-state index contributed by atoms with van der Waals surface area (Å²) >= 11 is 0. The first-order chi connectivity index (χ1) is 20.2. The quantitative estimate of drug-likeness (QED) is 0.366. The van der Waals surface area contributed by atoms with E-state index in [1.165, 1.54) is 11.8 Å². The van der Waals surface area contributed by atoms with Crippen molar-refractivity contribution in [2.24, 2.45) is 11.3 Å². The van der Waals surface area contributed by atoms with Gasteiger partial charge in [-0.05, 0) is 73.7 Å². The summed E-state index contributed by atoms with van der Waals surface area (Å²) in [5.74, 6) is 0.838. The van der Waals surface area contributed by atoms with Crippen molar-refractivity contribution in [1.29, 1.82) is 0 Å². The highest BCUT2D eigenvalue weighted by Crippen LogP contribution is 2.43. The molecule has 1 aromatic heterocycles. The lowest BCUT2D eigenvalue weighted by molar-refractivity contribution is -0.139. The third-order valence-electron chi connectivity index (χ3n) is 9.50. The minimum atomic E-state index is -3.24. The van der Waals surface area contributed by atoms with Crippen molar-refractivity contribution in [1.82, 2.24) is 19.7 Å². The van der Waals surface area contributed by atoms with E-state index in [-0.39, 0.29) is 48.0 Å². The van der Waals surface area contributed by atoms with Crippen molar-refractivity contribution in [3.05, 3.63) is 95.8 Å². The van der Waals surface area contributed by atoms with Crippen LogP contribution < -0.4 is 0 Å². The molecule has 0 N–H and O–H groups in total. The molecule has 0 bridgehead atoms. The lowest BCUT2D eigenvalue weighted by Crippen LogP contribution is -2.46. The van der Waals surface area contributed by atoms with Crippen LogP contribution in [0.5, 0.6) is 0 Å². The molecule has 8 nitrogen and oxygen atoms in total. The van der Waals surface area contributed by atoms with Crippen molar-refractivity contribution in [2.75, 3.05) is 45.5 Å². The summed E-state index contributed by atoms with van der Waals surface area (Å²) in [6.45, 7) is 5.29. The number of halogens is 2. The molecule has 11 heteroatoms. The Kier molecular flexibility index (Phi) is 10.8. The predicted molar refractivity (Wildman–Crippen MR) is 175 cm³/mol. The third-order valence-corrected chi connectivity index (χ3v) is 10.6. The topological polar surface area (TPSA) is 90.9 Å². The van der Waals surface area contributed by atoms with Gasteiger partial charge in [-0.3, -0.25) is 14.6 Å². The number of sulfone groups is 1. The van der Waals surface area contributed by atoms with Gasteiger partial charge in [0.15, 0.2) is 9.84 Å². The monoisotopic (exact) mass is 658 g/mol. The number of hydrogen-bond acceptors (Lipinski definition) is 6. The largest absolute Gasteiger partial charge is 0.338 e. The molecule has 0 unspecified atom stereocenters. The van der Waals surface area contributed by atoms with Crippen molar-refractivity contribution in [3.8, 4) is 0 Å². The number of carbonyl (C=O) groups excluding carboxylic acids is 2. The Morgan fingerprint density at radius 3 is 2.23 bits per heavy atom. The number of likely N-dealkylation sites (tertiary alicyclic amines) is 3. The van der Waals surface area contributed by atoms with E-state index in [0.717, 1.165) is 51.0 Å². The number of nitrogens with zero attached hydrogens (tertiary/aromatic N) is 4. The first-order valence-corrected chi connectivity index (χ1v) is 16.7. The Morgan fingerprint density at radius 2 is 1.59 bits per heavy atom. The van der Waals surface area contributed by atoms with Crippen molar-refractivity contribution < 1.29 is 18.0 Å². The zero-order valence-corrected chi connectivity index (χ0v) is 27.3. The van der Waals surface area contributed by atoms with Crippen LogP contribution in [-0.2, 0) is 21.2 Å². The lowest BCUT2D eigenvalue weighted by Gasteiger charge is -2.39. The third kappa shape index (κ3) is 7.12. The highest BCUT2D eigenvalue weighted by molar-refractivity contribution is 7.90. The zero-order chi connectivity index (χ0) is 29.3. The average molecular weight is 660 g/mol. The average Bonchev–Trinajstić information content (AvgIpc) is 3.56. The molecule has 3 saturated heterocycles. The maximum Gasteiger partial charge on any atom is 0.255 e. The maximum absolute atomic E-state index is 13.6. The van der Waals surface area contributed by atoms with Crippen LogP contribution in [0.2, 0.25) is 0 Å². The van der Waals surface area contributed by atoms with Gasteiger partial charge in [-0.15, -0.1) is 24.8 Å². The van der Waals surface area contributed by atoms with Gasteiger partial charge in [0.1, 0.15) is 0 Å². The minimum absolute atomic E-state index is 0. The molecule has 0 saturated carbocycles. The van der Waals surface area contributed by atoms with Gasteiger partial charge in [0, 0.05) is 57.3 Å². The molecule has 2 aromatic carbocycles. The van der Waals surface area contributed by atoms with Crippen molar-refractivity contribution in [3.63, 3.8) is 0 Å². The summed E-state index contributed by atoms with van der Waals surface area (Å²) in [6, 6.07) is 21.0. The Morgan fingerprint density at radius 1 is 0.909 bits per heavy atom. The van der Waals surface area contributed by atoms with Crippen LogP contribution in [-0.4, -0.2) is 85.4 Å². The van der Waals surface area contributed by atoms with Gasteiger partial charge in [-0.1, -0.05) is 42.5 Å². The maximum atomic E-state index is 13.6. The van der Waals surface area contributed by atoms with Gasteiger partial charge in [0.25, 0.3) is 5.91 Å². The van der Waals surface area contributed by atoms with E-state index in [0.29, 0.717) is 36.0 Å². The molecule has 3 aromatic rings. The van der Waals surface area contributed by atoms with Gasteiger partial charge in [0.2, 0.25) is 5.91 Å². The molecule has 2 atom stereocenters. The fraction of sp³-hybridized carbons (Fsp3) is 0.424. The number of hydrogen-bond donors (Lipinski definition) is 0. The van der Waals surface area contributed by atoms with Crippen LogP contribution in [0.3, 0.4) is 0 Å². The summed E-state index contributed by atoms with van der Waals surface area (Å²) in [5.41, 5.74) is 2.54. The molecule has 2 amide bonds. The molecule has 6 rings (SSSR count). The SMILES string of the molecule is CS(=O)(=O)c1ccc(CN2CCC3(CCN(C[C@H]4CN(C(=O)c5cccnc5)C[C@@H]4c4ccccc4)CC3)C2=O)cc1.Cl.Cl. The van der Waals surface area contributed by atoms with Gasteiger partial charge in [0.05, 0.1) is 15.9 Å². The number of benzene rings is 2. The Balaban J connectivity index is 0.00000221. The fourth-order valence-corrected chi connectivity index (χ4v) is 7.67. The highest BCUT2D eigenvalue weighted by atomic mass is 35.5. The summed E-state index contributed by atoms with van der Waals surface area (Å²) in [5, 5.41) is 0. The summed E-state index contributed by atoms with van der Waals surface area (Å²) in [7, 11) is -3.24. The molecule has 4 heterocycles. The standard InChI is InChI=1S/C33H38N4O4S.2ClH/c1-42(40,41)29-11-9-25(10-12-29)21-36-19-15-33(32(36)39)13-17-35(18-14-33)22-28-23-37(31(38)27-8-5-16-34-20-27)24-30(28)26-6-3-2-4-7-26;;/h2-12,16,20,28,30H,13-15,17-19,21-24H2,1H3;2*1H/t28-,30+;;/m0../s1. The van der Waals surface area contributed by atoms with Crippen molar-refractivity contribution >= 4 is 46.5 Å². The number of pyridine rings is 1. The Hall–Kier alpha value is -2.98. The Bertz CT molecular complexity index is 1530. The van der Waals surface area contributed by atoms with Gasteiger partial charge < -0.3 is 14.7 Å². The second-order valence-corrected chi connectivity index (χ2v) is 14.2. The molecule has 0 aliphatic carbocycles. The van der Waals surface area contributed by atoms with E-state index in [9.17, 15) is 18.0 Å². The van der Waals surface area contributed by atoms with Crippen LogP contribution in [0, 0.1) is 11.3 Å². The van der Waals surface area contributed by atoms with Crippen LogP contribution in [0.25, 0.3) is 0 Å². The second kappa shape index (κ2) is 14.0.